The minimum atomic E-state index is -0.299. The van der Waals surface area contributed by atoms with Crippen molar-refractivity contribution in [3.05, 3.63) is 65.2 Å². The van der Waals surface area contributed by atoms with Gasteiger partial charge in [-0.25, -0.2) is 9.48 Å². The predicted molar refractivity (Wildman–Crippen MR) is 108 cm³/mol. The normalized spacial score (nSPS) is 12.4. The maximum absolute atomic E-state index is 11.9. The summed E-state index contributed by atoms with van der Waals surface area (Å²) in [5, 5.41) is 4.88. The fraction of sp³-hybridized carbons (Fsp3) is 0.304. The van der Waals surface area contributed by atoms with Gasteiger partial charge in [0, 0.05) is 23.3 Å². The number of carbonyl (C=O) groups is 1. The second-order valence-corrected chi connectivity index (χ2v) is 6.75. The highest BCUT2D eigenvalue weighted by atomic mass is 16.5. The Bertz CT molecular complexity index is 990. The van der Waals surface area contributed by atoms with Crippen LogP contribution in [-0.2, 0) is 29.0 Å². The maximum Gasteiger partial charge on any atom is 0.338 e. The highest BCUT2D eigenvalue weighted by Crippen LogP contribution is 2.38. The smallest absolute Gasteiger partial charge is 0.338 e. The van der Waals surface area contributed by atoms with E-state index in [9.17, 15) is 4.79 Å². The number of esters is 1. The molecule has 0 spiro atoms. The summed E-state index contributed by atoms with van der Waals surface area (Å²) in [6, 6.07) is 16.0. The topological polar surface area (TPSA) is 53.4 Å². The zero-order valence-corrected chi connectivity index (χ0v) is 16.3. The average Bonchev–Trinajstić information content (AvgIpc) is 3.11. The summed E-state index contributed by atoms with van der Waals surface area (Å²) in [6.45, 7) is 5.23. The van der Waals surface area contributed by atoms with Crippen LogP contribution in [0.2, 0.25) is 0 Å². The first-order chi connectivity index (χ1) is 13.7. The van der Waals surface area contributed by atoms with Gasteiger partial charge in [-0.2, -0.15) is 5.10 Å². The number of carbonyl (C=O) groups excluding carboxylic acids is 1. The lowest BCUT2D eigenvalue weighted by Crippen LogP contribution is -2.10. The van der Waals surface area contributed by atoms with Crippen molar-refractivity contribution in [2.24, 2.45) is 0 Å². The van der Waals surface area contributed by atoms with Crippen molar-refractivity contribution in [2.45, 2.75) is 33.4 Å². The Kier molecular flexibility index (Phi) is 5.26. The van der Waals surface area contributed by atoms with E-state index in [2.05, 4.69) is 24.3 Å². The molecule has 0 amide bonds. The summed E-state index contributed by atoms with van der Waals surface area (Å²) in [6.07, 6.45) is 1.94. The van der Waals surface area contributed by atoms with Gasteiger partial charge in [-0.3, -0.25) is 0 Å². The molecule has 1 aliphatic carbocycles. The lowest BCUT2D eigenvalue weighted by molar-refractivity contribution is 0.0526. The van der Waals surface area contributed by atoms with Gasteiger partial charge in [0.1, 0.15) is 6.73 Å². The molecule has 5 heteroatoms. The van der Waals surface area contributed by atoms with Crippen LogP contribution in [0, 0.1) is 0 Å². The number of ether oxygens (including phenoxy) is 2. The predicted octanol–water partition coefficient (Wildman–Crippen LogP) is 4.49. The van der Waals surface area contributed by atoms with Crippen molar-refractivity contribution in [3.63, 3.8) is 0 Å². The summed E-state index contributed by atoms with van der Waals surface area (Å²) in [5.41, 5.74) is 7.46. The largest absolute Gasteiger partial charge is 0.462 e. The van der Waals surface area contributed by atoms with Crippen LogP contribution < -0.4 is 0 Å². The van der Waals surface area contributed by atoms with Crippen molar-refractivity contribution >= 4 is 5.97 Å². The first kappa shape index (κ1) is 18.4. The zero-order chi connectivity index (χ0) is 19.5. The number of fused-ring (bicyclic) bond motifs is 3. The molecule has 1 aliphatic rings. The molecule has 5 nitrogen and oxygen atoms in total. The molecule has 28 heavy (non-hydrogen) atoms. The fourth-order valence-corrected chi connectivity index (χ4v) is 3.75. The van der Waals surface area contributed by atoms with Crippen LogP contribution in [-0.4, -0.2) is 29.0 Å². The van der Waals surface area contributed by atoms with Crippen LogP contribution >= 0.6 is 0 Å². The van der Waals surface area contributed by atoms with Gasteiger partial charge < -0.3 is 9.47 Å². The Morgan fingerprint density at radius 3 is 2.57 bits per heavy atom. The second kappa shape index (κ2) is 7.98. The van der Waals surface area contributed by atoms with E-state index in [1.54, 1.807) is 19.1 Å². The molecule has 0 radical (unpaired) electrons. The lowest BCUT2D eigenvalue weighted by atomic mass is 9.88. The second-order valence-electron chi connectivity index (χ2n) is 6.75. The minimum Gasteiger partial charge on any atom is -0.462 e. The number of aromatic nitrogens is 2. The standard InChI is InChI=1S/C23H24N2O3/c1-3-27-15-25-22-19-8-6-5-7-16(19)13-14-20(22)21(24-25)17-9-11-18(12-10-17)23(26)28-4-2/h5-12H,3-4,13-15H2,1-2H3. The first-order valence-corrected chi connectivity index (χ1v) is 9.76. The van der Waals surface area contributed by atoms with E-state index in [1.807, 2.05) is 23.7 Å². The van der Waals surface area contributed by atoms with Crippen LogP contribution in [0.4, 0.5) is 0 Å². The van der Waals surface area contributed by atoms with Crippen LogP contribution in [0.1, 0.15) is 35.3 Å². The zero-order valence-electron chi connectivity index (χ0n) is 16.3. The van der Waals surface area contributed by atoms with Crippen molar-refractivity contribution in [1.82, 2.24) is 9.78 Å². The summed E-state index contributed by atoms with van der Waals surface area (Å²) in [7, 11) is 0. The van der Waals surface area contributed by atoms with E-state index in [0.717, 1.165) is 29.8 Å². The number of hydrogen-bond acceptors (Lipinski definition) is 4. The van der Waals surface area contributed by atoms with Crippen LogP contribution in [0.3, 0.4) is 0 Å². The quantitative estimate of drug-likeness (QED) is 0.595. The summed E-state index contributed by atoms with van der Waals surface area (Å²) < 4.78 is 12.7. The summed E-state index contributed by atoms with van der Waals surface area (Å²) in [4.78, 5) is 11.9. The van der Waals surface area contributed by atoms with Crippen LogP contribution in [0.15, 0.2) is 48.5 Å². The highest BCUT2D eigenvalue weighted by Gasteiger charge is 2.25. The molecule has 0 saturated carbocycles. The average molecular weight is 376 g/mol. The van der Waals surface area contributed by atoms with Crippen molar-refractivity contribution in [2.75, 3.05) is 13.2 Å². The molecule has 4 rings (SSSR count). The molecule has 0 aliphatic heterocycles. The van der Waals surface area contributed by atoms with Gasteiger partial charge in [0.2, 0.25) is 0 Å². The molecule has 0 saturated heterocycles. The Morgan fingerprint density at radius 2 is 1.82 bits per heavy atom. The molecule has 144 valence electrons. The molecule has 1 heterocycles. The fourth-order valence-electron chi connectivity index (χ4n) is 3.75. The van der Waals surface area contributed by atoms with Crippen LogP contribution in [0.5, 0.6) is 0 Å². The number of rotatable bonds is 6. The van der Waals surface area contributed by atoms with Crippen LogP contribution in [0.25, 0.3) is 22.5 Å². The Balaban J connectivity index is 1.77. The van der Waals surface area contributed by atoms with Gasteiger partial charge in [-0.05, 0) is 44.4 Å². The molecule has 2 aromatic carbocycles. The summed E-state index contributed by atoms with van der Waals surface area (Å²) >= 11 is 0. The van der Waals surface area contributed by atoms with E-state index >= 15 is 0 Å². The first-order valence-electron chi connectivity index (χ1n) is 9.76. The molecule has 3 aromatic rings. The number of hydrogen-bond donors (Lipinski definition) is 0. The molecule has 0 atom stereocenters. The Morgan fingerprint density at radius 1 is 1.04 bits per heavy atom. The molecular weight excluding hydrogens is 352 g/mol. The van der Waals surface area contributed by atoms with Gasteiger partial charge in [-0.1, -0.05) is 36.4 Å². The van der Waals surface area contributed by atoms with E-state index in [-0.39, 0.29) is 5.97 Å². The van der Waals surface area contributed by atoms with E-state index in [0.29, 0.717) is 25.5 Å². The summed E-state index contributed by atoms with van der Waals surface area (Å²) in [5.74, 6) is -0.299. The molecule has 0 N–H and O–H groups in total. The minimum absolute atomic E-state index is 0.299. The number of nitrogens with zero attached hydrogens (tertiary/aromatic N) is 2. The van der Waals surface area contributed by atoms with Gasteiger partial charge >= 0.3 is 5.97 Å². The third kappa shape index (κ3) is 3.34. The third-order valence-corrected chi connectivity index (χ3v) is 5.05. The lowest BCUT2D eigenvalue weighted by Gasteiger charge is -2.18. The van der Waals surface area contributed by atoms with Gasteiger partial charge in [0.05, 0.1) is 23.6 Å². The van der Waals surface area contributed by atoms with Crippen molar-refractivity contribution in [1.29, 1.82) is 0 Å². The Hall–Kier alpha value is -2.92. The highest BCUT2D eigenvalue weighted by molar-refractivity contribution is 5.90. The monoisotopic (exact) mass is 376 g/mol. The molecule has 0 fully saturated rings. The van der Waals surface area contributed by atoms with E-state index < -0.39 is 0 Å². The van der Waals surface area contributed by atoms with Crippen molar-refractivity contribution in [3.8, 4) is 22.5 Å². The van der Waals surface area contributed by atoms with Gasteiger partial charge in [0.25, 0.3) is 0 Å². The number of aryl methyl sites for hydroxylation is 1. The van der Waals surface area contributed by atoms with Gasteiger partial charge in [-0.15, -0.1) is 0 Å². The van der Waals surface area contributed by atoms with Gasteiger partial charge in [0.15, 0.2) is 0 Å². The molecule has 0 unspecified atom stereocenters. The SMILES string of the molecule is CCOCn1nc(-c2ccc(C(=O)OCC)cc2)c2c1-c1ccccc1CC2. The Labute approximate surface area is 164 Å². The number of benzene rings is 2. The van der Waals surface area contributed by atoms with Crippen molar-refractivity contribution < 1.29 is 14.3 Å². The molecular formula is C23H24N2O3. The van der Waals surface area contributed by atoms with E-state index in [1.165, 1.54) is 16.7 Å². The van der Waals surface area contributed by atoms with E-state index in [4.69, 9.17) is 14.6 Å². The molecule has 0 bridgehead atoms. The maximum atomic E-state index is 11.9. The third-order valence-electron chi connectivity index (χ3n) is 5.05. The molecule has 1 aromatic heterocycles.